The summed E-state index contributed by atoms with van der Waals surface area (Å²) in [5, 5.41) is 7.46. The van der Waals surface area contributed by atoms with E-state index in [-0.39, 0.29) is 24.9 Å². The van der Waals surface area contributed by atoms with Crippen LogP contribution in [-0.4, -0.2) is 25.7 Å². The predicted octanol–water partition coefficient (Wildman–Crippen LogP) is 3.57. The lowest BCUT2D eigenvalue weighted by Crippen LogP contribution is -2.34. The Morgan fingerprint density at radius 3 is 2.65 bits per heavy atom. The molecule has 1 aliphatic heterocycles. The Labute approximate surface area is 183 Å². The minimum atomic E-state index is -0.395. The molecule has 8 heteroatoms. The Bertz CT molecular complexity index is 1110. The monoisotopic (exact) mass is 436 g/mol. The van der Waals surface area contributed by atoms with Gasteiger partial charge in [-0.25, -0.2) is 0 Å². The molecule has 0 spiro atoms. The van der Waals surface area contributed by atoms with Gasteiger partial charge in [-0.05, 0) is 59.5 Å². The summed E-state index contributed by atoms with van der Waals surface area (Å²) in [6.45, 7) is 0.464. The zero-order valence-corrected chi connectivity index (χ0v) is 17.5. The van der Waals surface area contributed by atoms with Gasteiger partial charge in [0.15, 0.2) is 11.5 Å². The van der Waals surface area contributed by atoms with Gasteiger partial charge >= 0.3 is 0 Å². The fourth-order valence-corrected chi connectivity index (χ4v) is 3.60. The van der Waals surface area contributed by atoms with Gasteiger partial charge in [-0.3, -0.25) is 9.59 Å². The SMILES string of the molecule is COc1ccc(C(=O)N/C(=C\c2cccs2)C(=O)NCc2ccc3c(c2)OCO3)cc1. The number of nitrogens with one attached hydrogen (secondary N) is 2. The molecule has 0 saturated carbocycles. The molecule has 0 atom stereocenters. The normalized spacial score (nSPS) is 12.4. The number of carbonyl (C=O) groups excluding carboxylic acids is 2. The number of methoxy groups -OCH3 is 1. The predicted molar refractivity (Wildman–Crippen MR) is 117 cm³/mol. The van der Waals surface area contributed by atoms with Crippen LogP contribution in [0.25, 0.3) is 6.08 Å². The summed E-state index contributed by atoms with van der Waals surface area (Å²) in [6.07, 6.45) is 1.65. The molecule has 4 rings (SSSR count). The van der Waals surface area contributed by atoms with Gasteiger partial charge in [0.25, 0.3) is 11.8 Å². The molecule has 0 fully saturated rings. The van der Waals surface area contributed by atoms with Gasteiger partial charge in [-0.15, -0.1) is 11.3 Å². The van der Waals surface area contributed by atoms with Crippen LogP contribution in [0.5, 0.6) is 17.2 Å². The Hall–Kier alpha value is -3.78. The van der Waals surface area contributed by atoms with Crippen molar-refractivity contribution in [3.05, 3.63) is 81.7 Å². The summed E-state index contributed by atoms with van der Waals surface area (Å²) in [5.41, 5.74) is 1.43. The lowest BCUT2D eigenvalue weighted by atomic mass is 10.2. The van der Waals surface area contributed by atoms with Crippen molar-refractivity contribution in [3.8, 4) is 17.2 Å². The number of ether oxygens (including phenoxy) is 3. The summed E-state index contributed by atoms with van der Waals surface area (Å²) in [6, 6.07) is 15.9. The Balaban J connectivity index is 1.47. The first-order valence-electron chi connectivity index (χ1n) is 9.50. The van der Waals surface area contributed by atoms with E-state index in [0.29, 0.717) is 22.8 Å². The van der Waals surface area contributed by atoms with Gasteiger partial charge in [-0.2, -0.15) is 0 Å². The molecule has 0 radical (unpaired) electrons. The van der Waals surface area contributed by atoms with E-state index in [1.54, 1.807) is 43.5 Å². The zero-order valence-electron chi connectivity index (χ0n) is 16.7. The standard InChI is InChI=1S/C23H20N2O5S/c1-28-17-7-5-16(6-8-17)22(26)25-19(12-18-3-2-10-31-18)23(27)24-13-15-4-9-20-21(11-15)30-14-29-20/h2-12H,13-14H2,1H3,(H,24,27)(H,25,26)/b19-12-. The van der Waals surface area contributed by atoms with Crippen LogP contribution in [0.2, 0.25) is 0 Å². The molecule has 0 saturated heterocycles. The third-order valence-corrected chi connectivity index (χ3v) is 5.38. The first-order valence-corrected chi connectivity index (χ1v) is 10.4. The second-order valence-corrected chi connectivity index (χ2v) is 7.61. The number of thiophene rings is 1. The van der Waals surface area contributed by atoms with Gasteiger partial charge in [0, 0.05) is 17.0 Å². The molecule has 0 bridgehead atoms. The van der Waals surface area contributed by atoms with Crippen LogP contribution >= 0.6 is 11.3 Å². The minimum Gasteiger partial charge on any atom is -0.497 e. The lowest BCUT2D eigenvalue weighted by molar-refractivity contribution is -0.117. The number of amides is 2. The summed E-state index contributed by atoms with van der Waals surface area (Å²) in [5.74, 6) is 1.19. The van der Waals surface area contributed by atoms with Crippen molar-refractivity contribution in [1.29, 1.82) is 0 Å². The molecule has 2 N–H and O–H groups in total. The summed E-state index contributed by atoms with van der Waals surface area (Å²) in [4.78, 5) is 26.4. The van der Waals surface area contributed by atoms with Crippen molar-refractivity contribution in [3.63, 3.8) is 0 Å². The average Bonchev–Trinajstić information content (AvgIpc) is 3.48. The molecule has 1 aromatic heterocycles. The summed E-state index contributed by atoms with van der Waals surface area (Å²) in [7, 11) is 1.56. The van der Waals surface area contributed by atoms with Crippen molar-refractivity contribution in [2.45, 2.75) is 6.54 Å². The van der Waals surface area contributed by atoms with Crippen molar-refractivity contribution < 1.29 is 23.8 Å². The number of carbonyl (C=O) groups is 2. The Morgan fingerprint density at radius 1 is 1.10 bits per heavy atom. The van der Waals surface area contributed by atoms with E-state index in [0.717, 1.165) is 10.4 Å². The molecule has 2 heterocycles. The van der Waals surface area contributed by atoms with Gasteiger partial charge in [-0.1, -0.05) is 12.1 Å². The number of hydrogen-bond donors (Lipinski definition) is 2. The van der Waals surface area contributed by atoms with E-state index in [1.165, 1.54) is 11.3 Å². The van der Waals surface area contributed by atoms with Crippen molar-refractivity contribution in [2.24, 2.45) is 0 Å². The molecule has 0 unspecified atom stereocenters. The molecule has 2 amide bonds. The number of hydrogen-bond acceptors (Lipinski definition) is 6. The molecule has 2 aromatic carbocycles. The lowest BCUT2D eigenvalue weighted by Gasteiger charge is -2.11. The summed E-state index contributed by atoms with van der Waals surface area (Å²) >= 11 is 1.47. The Kier molecular flexibility index (Phi) is 6.18. The number of benzene rings is 2. The maximum Gasteiger partial charge on any atom is 0.268 e. The van der Waals surface area contributed by atoms with E-state index in [9.17, 15) is 9.59 Å². The van der Waals surface area contributed by atoms with Gasteiger partial charge in [0.1, 0.15) is 11.4 Å². The van der Waals surface area contributed by atoms with Crippen molar-refractivity contribution in [2.75, 3.05) is 13.9 Å². The van der Waals surface area contributed by atoms with Crippen molar-refractivity contribution in [1.82, 2.24) is 10.6 Å². The summed E-state index contributed by atoms with van der Waals surface area (Å²) < 4.78 is 15.8. The van der Waals surface area contributed by atoms with Crippen LogP contribution in [0.1, 0.15) is 20.8 Å². The van der Waals surface area contributed by atoms with Crippen LogP contribution in [0.15, 0.2) is 65.7 Å². The van der Waals surface area contributed by atoms with E-state index in [1.807, 2.05) is 29.6 Å². The second kappa shape index (κ2) is 9.36. The quantitative estimate of drug-likeness (QED) is 0.553. The smallest absolute Gasteiger partial charge is 0.268 e. The van der Waals surface area contributed by atoms with E-state index in [4.69, 9.17) is 14.2 Å². The van der Waals surface area contributed by atoms with Crippen molar-refractivity contribution >= 4 is 29.2 Å². The van der Waals surface area contributed by atoms with Gasteiger partial charge in [0.2, 0.25) is 6.79 Å². The highest BCUT2D eigenvalue weighted by molar-refractivity contribution is 7.10. The third-order valence-electron chi connectivity index (χ3n) is 4.56. The van der Waals surface area contributed by atoms with Crippen LogP contribution < -0.4 is 24.8 Å². The zero-order chi connectivity index (χ0) is 21.6. The fraction of sp³-hybridized carbons (Fsp3) is 0.130. The van der Waals surface area contributed by atoms with Crippen LogP contribution in [-0.2, 0) is 11.3 Å². The van der Waals surface area contributed by atoms with Crippen LogP contribution in [0.4, 0.5) is 0 Å². The maximum absolute atomic E-state index is 12.9. The highest BCUT2D eigenvalue weighted by Gasteiger charge is 2.17. The molecular weight excluding hydrogens is 416 g/mol. The van der Waals surface area contributed by atoms with E-state index in [2.05, 4.69) is 10.6 Å². The third kappa shape index (κ3) is 5.04. The molecule has 31 heavy (non-hydrogen) atoms. The van der Waals surface area contributed by atoms with Gasteiger partial charge < -0.3 is 24.8 Å². The number of fused-ring (bicyclic) bond motifs is 1. The molecule has 3 aromatic rings. The largest absolute Gasteiger partial charge is 0.497 e. The molecule has 7 nitrogen and oxygen atoms in total. The number of rotatable bonds is 7. The first-order chi connectivity index (χ1) is 15.1. The van der Waals surface area contributed by atoms with E-state index < -0.39 is 5.91 Å². The topological polar surface area (TPSA) is 85.9 Å². The molecular formula is C23H20N2O5S. The van der Waals surface area contributed by atoms with E-state index >= 15 is 0 Å². The molecule has 0 aliphatic carbocycles. The molecule has 1 aliphatic rings. The van der Waals surface area contributed by atoms with Gasteiger partial charge in [0.05, 0.1) is 7.11 Å². The highest BCUT2D eigenvalue weighted by Crippen LogP contribution is 2.32. The van der Waals surface area contributed by atoms with Crippen LogP contribution in [0, 0.1) is 0 Å². The minimum absolute atomic E-state index is 0.156. The fourth-order valence-electron chi connectivity index (χ4n) is 2.94. The highest BCUT2D eigenvalue weighted by atomic mass is 32.1. The maximum atomic E-state index is 12.9. The average molecular weight is 436 g/mol. The first kappa shape index (κ1) is 20.5. The molecule has 158 valence electrons. The second-order valence-electron chi connectivity index (χ2n) is 6.63. The Morgan fingerprint density at radius 2 is 1.90 bits per heavy atom. The van der Waals surface area contributed by atoms with Crippen LogP contribution in [0.3, 0.4) is 0 Å².